The second-order valence-corrected chi connectivity index (χ2v) is 10.3. The number of rotatable bonds is 12. The zero-order valence-corrected chi connectivity index (χ0v) is 22.1. The van der Waals surface area contributed by atoms with Crippen LogP contribution in [0.5, 0.6) is 0 Å². The van der Waals surface area contributed by atoms with Crippen molar-refractivity contribution < 1.29 is 0 Å². The number of unbranched alkanes of at least 4 members (excludes halogenated alkanes) is 7. The van der Waals surface area contributed by atoms with Crippen LogP contribution in [0.2, 0.25) is 0 Å². The van der Waals surface area contributed by atoms with E-state index in [4.69, 9.17) is 0 Å². The van der Waals surface area contributed by atoms with E-state index in [1.165, 1.54) is 89.7 Å². The summed E-state index contributed by atoms with van der Waals surface area (Å²) in [7, 11) is 8.54. The molecule has 0 spiro atoms. The lowest BCUT2D eigenvalue weighted by molar-refractivity contribution is 0.524. The molecule has 1 aromatic carbocycles. The SMILES string of the molecule is CN(C)C1=CCC2=Cc3ccc(N(C)C)cc3N(CCCCCCCCCCI)C2=C1. The first-order valence-electron chi connectivity index (χ1n) is 12.0. The van der Waals surface area contributed by atoms with Crippen LogP contribution in [0.15, 0.2) is 47.3 Å². The van der Waals surface area contributed by atoms with E-state index in [0.29, 0.717) is 0 Å². The Morgan fingerprint density at radius 3 is 2.16 bits per heavy atom. The van der Waals surface area contributed by atoms with Gasteiger partial charge in [-0.25, -0.2) is 0 Å². The highest BCUT2D eigenvalue weighted by molar-refractivity contribution is 14.1. The van der Waals surface area contributed by atoms with Gasteiger partial charge in [0.2, 0.25) is 0 Å². The quantitative estimate of drug-likeness (QED) is 0.159. The molecule has 3 nitrogen and oxygen atoms in total. The van der Waals surface area contributed by atoms with Gasteiger partial charge in [0.1, 0.15) is 0 Å². The molecule has 31 heavy (non-hydrogen) atoms. The van der Waals surface area contributed by atoms with Crippen LogP contribution >= 0.6 is 22.6 Å². The minimum Gasteiger partial charge on any atom is -0.378 e. The Bertz CT molecular complexity index is 820. The Morgan fingerprint density at radius 2 is 1.52 bits per heavy atom. The van der Waals surface area contributed by atoms with Gasteiger partial charge in [0.15, 0.2) is 0 Å². The number of allylic oxidation sites excluding steroid dienone is 3. The fourth-order valence-corrected chi connectivity index (χ4v) is 5.00. The molecule has 0 unspecified atom stereocenters. The minimum atomic E-state index is 1.02. The van der Waals surface area contributed by atoms with Crippen LogP contribution in [0.1, 0.15) is 63.4 Å². The van der Waals surface area contributed by atoms with Gasteiger partial charge in [-0.2, -0.15) is 0 Å². The number of alkyl halides is 1. The van der Waals surface area contributed by atoms with Crippen molar-refractivity contribution in [1.29, 1.82) is 0 Å². The average molecular weight is 534 g/mol. The molecular weight excluding hydrogens is 493 g/mol. The molecule has 170 valence electrons. The molecule has 0 amide bonds. The predicted octanol–water partition coefficient (Wildman–Crippen LogP) is 7.24. The first kappa shape index (κ1) is 24.2. The highest BCUT2D eigenvalue weighted by Gasteiger charge is 2.25. The summed E-state index contributed by atoms with van der Waals surface area (Å²) in [6.45, 7) is 1.10. The van der Waals surface area contributed by atoms with Gasteiger partial charge in [-0.1, -0.05) is 73.3 Å². The topological polar surface area (TPSA) is 9.72 Å². The Hall–Kier alpha value is -1.43. The van der Waals surface area contributed by atoms with E-state index in [1.807, 2.05) is 0 Å². The Balaban J connectivity index is 1.69. The highest BCUT2D eigenvalue weighted by atomic mass is 127. The van der Waals surface area contributed by atoms with Gasteiger partial charge in [-0.15, -0.1) is 0 Å². The number of nitrogens with zero attached hydrogens (tertiary/aromatic N) is 3. The average Bonchev–Trinajstić information content (AvgIpc) is 2.76. The Morgan fingerprint density at radius 1 is 0.839 bits per heavy atom. The van der Waals surface area contributed by atoms with Gasteiger partial charge in [-0.05, 0) is 59.1 Å². The molecule has 1 aromatic rings. The van der Waals surface area contributed by atoms with Gasteiger partial charge >= 0.3 is 0 Å². The normalized spacial score (nSPS) is 15.0. The molecule has 1 aliphatic heterocycles. The van der Waals surface area contributed by atoms with Crippen molar-refractivity contribution in [3.63, 3.8) is 0 Å². The molecular formula is C27H40IN3. The molecule has 0 fully saturated rings. The molecule has 0 saturated carbocycles. The molecule has 0 bridgehead atoms. The van der Waals surface area contributed by atoms with Crippen LogP contribution in [0.25, 0.3) is 6.08 Å². The lowest BCUT2D eigenvalue weighted by Crippen LogP contribution is -2.30. The maximum Gasteiger partial charge on any atom is 0.0505 e. The lowest BCUT2D eigenvalue weighted by Gasteiger charge is -2.37. The summed E-state index contributed by atoms with van der Waals surface area (Å²) in [6.07, 6.45) is 19.1. The third-order valence-corrected chi connectivity index (χ3v) is 7.13. The molecule has 4 heteroatoms. The summed E-state index contributed by atoms with van der Waals surface area (Å²) in [5.41, 5.74) is 8.15. The summed E-state index contributed by atoms with van der Waals surface area (Å²) in [5.74, 6) is 0. The van der Waals surface area contributed by atoms with Crippen molar-refractivity contribution in [3.8, 4) is 0 Å². The number of likely N-dealkylation sites (N-methyl/N-ethyl adjacent to an activating group) is 1. The summed E-state index contributed by atoms with van der Waals surface area (Å²) < 4.78 is 1.31. The van der Waals surface area contributed by atoms with Crippen LogP contribution < -0.4 is 9.80 Å². The van der Waals surface area contributed by atoms with Gasteiger partial charge < -0.3 is 14.7 Å². The van der Waals surface area contributed by atoms with E-state index < -0.39 is 0 Å². The first-order chi connectivity index (χ1) is 15.0. The van der Waals surface area contributed by atoms with E-state index in [1.54, 1.807) is 0 Å². The zero-order chi connectivity index (χ0) is 22.2. The monoisotopic (exact) mass is 533 g/mol. The number of hydrogen-bond donors (Lipinski definition) is 0. The third-order valence-electron chi connectivity index (χ3n) is 6.37. The smallest absolute Gasteiger partial charge is 0.0505 e. The summed E-state index contributed by atoms with van der Waals surface area (Å²) in [6, 6.07) is 6.90. The van der Waals surface area contributed by atoms with Crippen LogP contribution in [0.4, 0.5) is 11.4 Å². The lowest BCUT2D eigenvalue weighted by atomic mass is 9.92. The van der Waals surface area contributed by atoms with Gasteiger partial charge in [0, 0.05) is 51.8 Å². The van der Waals surface area contributed by atoms with Gasteiger partial charge in [-0.3, -0.25) is 0 Å². The number of fused-ring (bicyclic) bond motifs is 2. The number of anilines is 2. The van der Waals surface area contributed by atoms with E-state index in [2.05, 4.69) is 102 Å². The zero-order valence-electron chi connectivity index (χ0n) is 20.0. The van der Waals surface area contributed by atoms with Crippen molar-refractivity contribution in [2.75, 3.05) is 49.0 Å². The van der Waals surface area contributed by atoms with E-state index in [9.17, 15) is 0 Å². The van der Waals surface area contributed by atoms with Crippen molar-refractivity contribution in [2.45, 2.75) is 57.8 Å². The summed E-state index contributed by atoms with van der Waals surface area (Å²) in [4.78, 5) is 7.02. The molecule has 1 heterocycles. The Labute approximate surface area is 204 Å². The molecule has 0 aromatic heterocycles. The largest absolute Gasteiger partial charge is 0.378 e. The van der Waals surface area contributed by atoms with Crippen LogP contribution in [0, 0.1) is 0 Å². The van der Waals surface area contributed by atoms with E-state index in [-0.39, 0.29) is 0 Å². The van der Waals surface area contributed by atoms with Crippen LogP contribution in [0.3, 0.4) is 0 Å². The fourth-order valence-electron chi connectivity index (χ4n) is 4.46. The molecule has 0 N–H and O–H groups in total. The molecule has 2 aliphatic rings. The van der Waals surface area contributed by atoms with Crippen molar-refractivity contribution >= 4 is 40.0 Å². The van der Waals surface area contributed by atoms with Crippen molar-refractivity contribution in [3.05, 3.63) is 52.9 Å². The number of halogens is 1. The minimum absolute atomic E-state index is 1.02. The Kier molecular flexibility index (Phi) is 9.36. The molecule has 0 radical (unpaired) electrons. The second-order valence-electron chi connectivity index (χ2n) is 9.23. The highest BCUT2D eigenvalue weighted by Crippen LogP contribution is 2.41. The first-order valence-corrected chi connectivity index (χ1v) is 13.5. The van der Waals surface area contributed by atoms with Gasteiger partial charge in [0.05, 0.1) is 5.69 Å². The maximum atomic E-state index is 2.59. The van der Waals surface area contributed by atoms with Crippen molar-refractivity contribution in [1.82, 2.24) is 4.90 Å². The van der Waals surface area contributed by atoms with Crippen LogP contribution in [-0.2, 0) is 0 Å². The maximum absolute atomic E-state index is 2.59. The van der Waals surface area contributed by atoms with Gasteiger partial charge in [0.25, 0.3) is 0 Å². The molecule has 0 saturated heterocycles. The van der Waals surface area contributed by atoms with Crippen LogP contribution in [-0.4, -0.2) is 44.1 Å². The predicted molar refractivity (Wildman–Crippen MR) is 146 cm³/mol. The van der Waals surface area contributed by atoms with E-state index >= 15 is 0 Å². The number of benzene rings is 1. The second kappa shape index (κ2) is 12.0. The third kappa shape index (κ3) is 6.53. The van der Waals surface area contributed by atoms with E-state index in [0.717, 1.165) is 13.0 Å². The molecule has 1 aliphatic carbocycles. The molecule has 0 atom stereocenters. The summed E-state index contributed by atoms with van der Waals surface area (Å²) in [5, 5.41) is 0. The van der Waals surface area contributed by atoms with Crippen molar-refractivity contribution in [2.24, 2.45) is 0 Å². The fraction of sp³-hybridized carbons (Fsp3) is 0.556. The molecule has 3 rings (SSSR count). The standard InChI is InChI=1S/C27H40IN3/c1-29(2)24-15-13-22-19-23-14-16-25(30(3)4)21-27(23)31(26(22)20-24)18-12-10-8-6-5-7-9-11-17-28/h13,15-16,19-21H,5-12,14,17-18H2,1-4H3. The summed E-state index contributed by atoms with van der Waals surface area (Å²) >= 11 is 2.49. The number of hydrogen-bond acceptors (Lipinski definition) is 3.